The van der Waals surface area contributed by atoms with Crippen LogP contribution in [0.3, 0.4) is 0 Å². The molecule has 2 N–H and O–H groups in total. The van der Waals surface area contributed by atoms with Gasteiger partial charge >= 0.3 is 0 Å². The van der Waals surface area contributed by atoms with Gasteiger partial charge in [0.1, 0.15) is 0 Å². The van der Waals surface area contributed by atoms with Crippen LogP contribution in [0.4, 0.5) is 5.69 Å². The minimum absolute atomic E-state index is 0.209. The Morgan fingerprint density at radius 3 is 2.70 bits per heavy atom. The summed E-state index contributed by atoms with van der Waals surface area (Å²) in [5.74, 6) is 0. The Bertz CT molecular complexity index is 684. The third kappa shape index (κ3) is 6.69. The van der Waals surface area contributed by atoms with Crippen LogP contribution in [0.2, 0.25) is 10.0 Å². The summed E-state index contributed by atoms with van der Waals surface area (Å²) in [5.41, 5.74) is 2.32. The number of piperidine rings is 1. The Labute approximate surface area is 178 Å². The van der Waals surface area contributed by atoms with Crippen molar-refractivity contribution in [2.45, 2.75) is 58.2 Å². The predicted molar refractivity (Wildman–Crippen MR) is 118 cm³/mol. The normalized spacial score (nSPS) is 22.9. The van der Waals surface area contributed by atoms with Gasteiger partial charge in [0.15, 0.2) is 0 Å². The first-order valence-corrected chi connectivity index (χ1v) is 10.6. The van der Waals surface area contributed by atoms with Crippen molar-refractivity contribution < 1.29 is 5.11 Å². The van der Waals surface area contributed by atoms with Crippen LogP contribution in [-0.4, -0.2) is 36.4 Å². The van der Waals surface area contributed by atoms with Crippen LogP contribution in [0.25, 0.3) is 0 Å². The molecule has 1 saturated heterocycles. The van der Waals surface area contributed by atoms with E-state index < -0.39 is 0 Å². The maximum absolute atomic E-state index is 9.61. The topological polar surface area (TPSA) is 35.5 Å². The number of anilines is 1. The molecule has 1 aliphatic heterocycles. The van der Waals surface area contributed by atoms with Gasteiger partial charge in [-0.05, 0) is 63.0 Å². The molecule has 1 aromatic carbocycles. The molecule has 1 aliphatic rings. The quantitative estimate of drug-likeness (QED) is 0.537. The van der Waals surface area contributed by atoms with Crippen molar-refractivity contribution in [3.8, 4) is 0 Å². The van der Waals surface area contributed by atoms with E-state index in [4.69, 9.17) is 34.8 Å². The van der Waals surface area contributed by atoms with Crippen LogP contribution in [0.1, 0.15) is 40.0 Å². The zero-order chi connectivity index (χ0) is 20.0. The molecule has 3 nitrogen and oxygen atoms in total. The molecule has 2 rings (SSSR count). The molecule has 0 bridgehead atoms. The zero-order valence-corrected chi connectivity index (χ0v) is 18.5. The minimum atomic E-state index is -0.352. The van der Waals surface area contributed by atoms with Gasteiger partial charge in [0.25, 0.3) is 0 Å². The van der Waals surface area contributed by atoms with Gasteiger partial charge in [-0.15, -0.1) is 0 Å². The fourth-order valence-electron chi connectivity index (χ4n) is 3.53. The van der Waals surface area contributed by atoms with E-state index in [1.807, 2.05) is 25.1 Å². The molecule has 27 heavy (non-hydrogen) atoms. The second-order valence-electron chi connectivity index (χ2n) is 7.13. The number of hydrogen-bond donors (Lipinski definition) is 2. The Morgan fingerprint density at radius 1 is 1.37 bits per heavy atom. The molecular formula is C21H29Cl3N2O. The van der Waals surface area contributed by atoms with Crippen LogP contribution >= 0.6 is 34.8 Å². The third-order valence-electron chi connectivity index (χ3n) is 4.89. The average molecular weight is 432 g/mol. The molecule has 0 aliphatic carbocycles. The Hall–Kier alpha value is -0.710. The Kier molecular flexibility index (Phi) is 8.97. The van der Waals surface area contributed by atoms with Gasteiger partial charge in [0, 0.05) is 29.2 Å². The van der Waals surface area contributed by atoms with Crippen molar-refractivity contribution in [3.05, 3.63) is 51.0 Å². The zero-order valence-electron chi connectivity index (χ0n) is 16.2. The van der Waals surface area contributed by atoms with E-state index in [1.54, 1.807) is 13.0 Å². The standard InChI is InChI=1S/C21H29Cl3N2O/c1-4-16(6-5-14(2)22)21-12-18(25-13-15(3)27)9-10-26(21)20-8-7-17(23)11-19(20)24/h5-8,11,15,18,21,25,27H,4,9-10,12-13H2,1-3H3/b14-5+,16-6+. The van der Waals surface area contributed by atoms with Crippen molar-refractivity contribution in [1.29, 1.82) is 0 Å². The molecule has 3 atom stereocenters. The molecule has 1 heterocycles. The van der Waals surface area contributed by atoms with Gasteiger partial charge in [-0.1, -0.05) is 47.8 Å². The van der Waals surface area contributed by atoms with Crippen molar-refractivity contribution in [2.75, 3.05) is 18.0 Å². The third-order valence-corrected chi connectivity index (χ3v) is 5.55. The number of nitrogens with one attached hydrogen (secondary N) is 1. The van der Waals surface area contributed by atoms with Gasteiger partial charge in [-0.3, -0.25) is 0 Å². The lowest BCUT2D eigenvalue weighted by Gasteiger charge is -2.43. The second-order valence-corrected chi connectivity index (χ2v) is 8.57. The number of allylic oxidation sites excluding steroid dienone is 3. The molecule has 6 heteroatoms. The number of nitrogens with zero attached hydrogens (tertiary/aromatic N) is 1. The number of aliphatic hydroxyl groups excluding tert-OH is 1. The first-order chi connectivity index (χ1) is 12.8. The van der Waals surface area contributed by atoms with Gasteiger partial charge in [-0.2, -0.15) is 0 Å². The molecule has 0 radical (unpaired) electrons. The maximum atomic E-state index is 9.61. The van der Waals surface area contributed by atoms with E-state index in [1.165, 1.54) is 5.57 Å². The van der Waals surface area contributed by atoms with Crippen molar-refractivity contribution in [2.24, 2.45) is 0 Å². The van der Waals surface area contributed by atoms with Gasteiger partial charge in [-0.25, -0.2) is 0 Å². The lowest BCUT2D eigenvalue weighted by molar-refractivity contribution is 0.181. The van der Waals surface area contributed by atoms with Gasteiger partial charge < -0.3 is 15.3 Å². The fraction of sp³-hybridized carbons (Fsp3) is 0.524. The van der Waals surface area contributed by atoms with Gasteiger partial charge in [0.2, 0.25) is 0 Å². The summed E-state index contributed by atoms with van der Waals surface area (Å²) in [6.07, 6.45) is 6.59. The minimum Gasteiger partial charge on any atom is -0.392 e. The first kappa shape index (κ1) is 22.6. The SMILES string of the molecule is CC/C(=C\C=C(/C)Cl)C1CC(NCC(C)O)CCN1c1ccc(Cl)cc1Cl. The van der Waals surface area contributed by atoms with Crippen LogP contribution < -0.4 is 10.2 Å². The maximum Gasteiger partial charge on any atom is 0.0654 e. The van der Waals surface area contributed by atoms with Crippen LogP contribution in [0, 0.1) is 0 Å². The fourth-order valence-corrected chi connectivity index (χ4v) is 4.11. The van der Waals surface area contributed by atoms with E-state index >= 15 is 0 Å². The van der Waals surface area contributed by atoms with E-state index in [-0.39, 0.29) is 12.1 Å². The monoisotopic (exact) mass is 430 g/mol. The molecule has 3 unspecified atom stereocenters. The highest BCUT2D eigenvalue weighted by atomic mass is 35.5. The summed E-state index contributed by atoms with van der Waals surface area (Å²) in [7, 11) is 0. The summed E-state index contributed by atoms with van der Waals surface area (Å²) in [6, 6.07) is 6.24. The number of benzene rings is 1. The summed E-state index contributed by atoms with van der Waals surface area (Å²) >= 11 is 18.7. The molecule has 150 valence electrons. The first-order valence-electron chi connectivity index (χ1n) is 9.47. The molecule has 0 aromatic heterocycles. The highest BCUT2D eigenvalue weighted by molar-refractivity contribution is 6.36. The van der Waals surface area contributed by atoms with E-state index in [0.29, 0.717) is 22.6 Å². The second kappa shape index (κ2) is 10.7. The summed E-state index contributed by atoms with van der Waals surface area (Å²) < 4.78 is 0. The van der Waals surface area contributed by atoms with Gasteiger partial charge in [0.05, 0.1) is 22.9 Å². The highest BCUT2D eigenvalue weighted by Crippen LogP contribution is 2.36. The smallest absolute Gasteiger partial charge is 0.0654 e. The van der Waals surface area contributed by atoms with E-state index in [0.717, 1.165) is 36.5 Å². The summed E-state index contributed by atoms with van der Waals surface area (Å²) in [5, 5.41) is 15.2. The molecule has 0 spiro atoms. The molecule has 1 fully saturated rings. The molecular weight excluding hydrogens is 403 g/mol. The number of halogens is 3. The lowest BCUT2D eigenvalue weighted by Crippen LogP contribution is -2.50. The largest absolute Gasteiger partial charge is 0.392 e. The molecule has 0 amide bonds. The number of aliphatic hydroxyl groups is 1. The molecule has 0 saturated carbocycles. The van der Waals surface area contributed by atoms with Crippen LogP contribution in [-0.2, 0) is 0 Å². The highest BCUT2D eigenvalue weighted by Gasteiger charge is 2.31. The Balaban J connectivity index is 2.33. The number of hydrogen-bond acceptors (Lipinski definition) is 3. The lowest BCUT2D eigenvalue weighted by atomic mass is 9.89. The summed E-state index contributed by atoms with van der Waals surface area (Å²) in [6.45, 7) is 7.33. The molecule has 1 aromatic rings. The average Bonchev–Trinajstić information content (AvgIpc) is 2.61. The van der Waals surface area contributed by atoms with E-state index in [2.05, 4.69) is 23.2 Å². The van der Waals surface area contributed by atoms with Crippen LogP contribution in [0.15, 0.2) is 41.0 Å². The van der Waals surface area contributed by atoms with Crippen molar-refractivity contribution in [3.63, 3.8) is 0 Å². The van der Waals surface area contributed by atoms with Crippen LogP contribution in [0.5, 0.6) is 0 Å². The predicted octanol–water partition coefficient (Wildman–Crippen LogP) is 5.78. The summed E-state index contributed by atoms with van der Waals surface area (Å²) in [4.78, 5) is 2.37. The van der Waals surface area contributed by atoms with E-state index in [9.17, 15) is 5.11 Å². The van der Waals surface area contributed by atoms with Crippen molar-refractivity contribution in [1.82, 2.24) is 5.32 Å². The number of rotatable bonds is 7. The Morgan fingerprint density at radius 2 is 2.11 bits per heavy atom. The van der Waals surface area contributed by atoms with Crippen molar-refractivity contribution >= 4 is 40.5 Å².